The van der Waals surface area contributed by atoms with Crippen molar-refractivity contribution in [3.8, 4) is 0 Å². The number of benzene rings is 1. The van der Waals surface area contributed by atoms with E-state index < -0.39 is 5.91 Å². The summed E-state index contributed by atoms with van der Waals surface area (Å²) in [4.78, 5) is 21.2. The number of aromatic nitrogens is 2. The van der Waals surface area contributed by atoms with Crippen molar-refractivity contribution in [3.05, 3.63) is 23.3 Å². The minimum atomic E-state index is -0.711. The lowest BCUT2D eigenvalue weighted by Crippen LogP contribution is -2.25. The van der Waals surface area contributed by atoms with Crippen molar-refractivity contribution >= 4 is 28.4 Å². The number of hydrogen-bond acceptors (Lipinski definition) is 6. The number of nitrogens with one attached hydrogen (secondary N) is 1. The van der Waals surface area contributed by atoms with E-state index in [-0.39, 0.29) is 11.8 Å². The fourth-order valence-electron chi connectivity index (χ4n) is 2.38. The van der Waals surface area contributed by atoms with Crippen LogP contribution in [0.5, 0.6) is 0 Å². The molecule has 2 heterocycles. The lowest BCUT2D eigenvalue weighted by molar-refractivity contribution is -0.112. The van der Waals surface area contributed by atoms with E-state index in [0.29, 0.717) is 11.1 Å². The van der Waals surface area contributed by atoms with Crippen molar-refractivity contribution in [1.82, 2.24) is 9.95 Å². The van der Waals surface area contributed by atoms with Crippen molar-refractivity contribution in [2.45, 2.75) is 26.8 Å². The molecule has 0 aliphatic carbocycles. The van der Waals surface area contributed by atoms with Gasteiger partial charge in [0.15, 0.2) is 11.3 Å². The highest BCUT2D eigenvalue weighted by Gasteiger charge is 2.20. The van der Waals surface area contributed by atoms with Crippen molar-refractivity contribution < 1.29 is 19.0 Å². The van der Waals surface area contributed by atoms with Crippen LogP contribution in [0.1, 0.15) is 31.0 Å². The van der Waals surface area contributed by atoms with Gasteiger partial charge in [-0.05, 0) is 38.5 Å². The maximum atomic E-state index is 11.7. The molecule has 0 radical (unpaired) electrons. The highest BCUT2D eigenvalue weighted by atomic mass is 16.6. The molecule has 9 heteroatoms. The lowest BCUT2D eigenvalue weighted by Gasteiger charge is -2.14. The fourth-order valence-corrected chi connectivity index (χ4v) is 2.38. The van der Waals surface area contributed by atoms with Crippen LogP contribution >= 0.6 is 0 Å². The predicted molar refractivity (Wildman–Crippen MR) is 89.7 cm³/mol. The first kappa shape index (κ1) is 17.4. The van der Waals surface area contributed by atoms with Gasteiger partial charge in [0.05, 0.1) is 22.8 Å². The number of carbonyl (C=O) groups is 1. The molecule has 1 unspecified atom stereocenters. The van der Waals surface area contributed by atoms with Gasteiger partial charge in [-0.1, -0.05) is 10.3 Å². The molecule has 24 heavy (non-hydrogen) atoms. The topological polar surface area (TPSA) is 120 Å². The van der Waals surface area contributed by atoms with Crippen LogP contribution in [0.2, 0.25) is 0 Å². The summed E-state index contributed by atoms with van der Waals surface area (Å²) in [6.07, 6.45) is 0. The summed E-state index contributed by atoms with van der Waals surface area (Å²) >= 11 is 0. The van der Waals surface area contributed by atoms with E-state index in [2.05, 4.69) is 15.6 Å². The molecule has 1 aromatic carbocycles. The van der Waals surface area contributed by atoms with Crippen molar-refractivity contribution in [1.29, 1.82) is 0 Å². The number of carbonyl (C=O) groups excluding carboxylic acids is 1. The van der Waals surface area contributed by atoms with Crippen LogP contribution in [0.25, 0.3) is 11.1 Å². The largest absolute Gasteiger partial charge is 0.399 e. The van der Waals surface area contributed by atoms with Gasteiger partial charge in [-0.25, -0.2) is 0 Å². The molecule has 0 aliphatic heterocycles. The summed E-state index contributed by atoms with van der Waals surface area (Å²) in [7, 11) is 2.83. The van der Waals surface area contributed by atoms with E-state index in [1.165, 1.54) is 14.2 Å². The second kappa shape index (κ2) is 7.07. The van der Waals surface area contributed by atoms with Crippen LogP contribution in [0, 0.1) is 6.92 Å². The van der Waals surface area contributed by atoms with Crippen LogP contribution in [0.4, 0.5) is 0 Å². The zero-order valence-electron chi connectivity index (χ0n) is 14.3. The van der Waals surface area contributed by atoms with Crippen molar-refractivity contribution in [2.75, 3.05) is 14.2 Å². The molecule has 0 fully saturated rings. The third-order valence-electron chi connectivity index (χ3n) is 3.68. The molecule has 2 aromatic heterocycles. The molecular formula is C15H21N5O4. The highest BCUT2D eigenvalue weighted by molar-refractivity contribution is 6.46. The molecule has 0 aliphatic rings. The standard InChI is InChI=1S/C15H21N5O4/c1-8-6-11-7-12(13(15(16)21)18-23-5)14(8)24-19-20(11)10(3)9(2)17-22-4/h6-7,10,19H,1-5H3,(H2,16,21). The van der Waals surface area contributed by atoms with E-state index in [9.17, 15) is 4.79 Å². The van der Waals surface area contributed by atoms with Crippen LogP contribution in [-0.2, 0) is 14.5 Å². The van der Waals surface area contributed by atoms with Gasteiger partial charge < -0.3 is 19.9 Å². The number of nitrogens with zero attached hydrogens (tertiary/aromatic N) is 3. The SMILES string of the molecule is CON=C(C(N)=O)c1cc2cc(C)c1o[nH]n2C(C)C(C)=NOC. The fraction of sp³-hybridized carbons (Fsp3) is 0.400. The molecule has 1 atom stereocenters. The quantitative estimate of drug-likeness (QED) is 0.618. The lowest BCUT2D eigenvalue weighted by atomic mass is 10.0. The normalized spacial score (nSPS) is 13.9. The molecule has 1 amide bonds. The van der Waals surface area contributed by atoms with Gasteiger partial charge in [0.1, 0.15) is 14.2 Å². The van der Waals surface area contributed by atoms with Crippen molar-refractivity contribution in [2.24, 2.45) is 16.0 Å². The zero-order chi connectivity index (χ0) is 17.9. The number of rotatable bonds is 6. The highest BCUT2D eigenvalue weighted by Crippen LogP contribution is 2.23. The van der Waals surface area contributed by atoms with Crippen LogP contribution in [-0.4, -0.2) is 41.5 Å². The Kier molecular flexibility index (Phi) is 5.12. The third kappa shape index (κ3) is 3.19. The smallest absolute Gasteiger partial charge is 0.271 e. The molecule has 0 saturated carbocycles. The van der Waals surface area contributed by atoms with Gasteiger partial charge in [-0.15, -0.1) is 0 Å². The zero-order valence-corrected chi connectivity index (χ0v) is 14.3. The van der Waals surface area contributed by atoms with Gasteiger partial charge in [0.2, 0.25) is 0 Å². The number of H-pyrrole nitrogens is 1. The summed E-state index contributed by atoms with van der Waals surface area (Å²) in [6.45, 7) is 5.63. The minimum Gasteiger partial charge on any atom is -0.399 e. The molecular weight excluding hydrogens is 314 g/mol. The summed E-state index contributed by atoms with van der Waals surface area (Å²) in [5.74, 6) is -0.711. The number of amides is 1. The van der Waals surface area contributed by atoms with Crippen LogP contribution in [0.3, 0.4) is 0 Å². The summed E-state index contributed by atoms with van der Waals surface area (Å²) in [6, 6.07) is 3.50. The Morgan fingerprint density at radius 1 is 1.33 bits per heavy atom. The maximum absolute atomic E-state index is 11.7. The Bertz CT molecular complexity index is 825. The summed E-state index contributed by atoms with van der Waals surface area (Å²) < 4.78 is 7.41. The van der Waals surface area contributed by atoms with Gasteiger partial charge >= 0.3 is 0 Å². The van der Waals surface area contributed by atoms with Gasteiger partial charge in [0.25, 0.3) is 5.91 Å². The van der Waals surface area contributed by atoms with E-state index in [0.717, 1.165) is 16.8 Å². The van der Waals surface area contributed by atoms with Crippen LogP contribution < -0.4 is 5.73 Å². The molecule has 3 rings (SSSR count). The number of fused-ring (bicyclic) bond motifs is 4. The van der Waals surface area contributed by atoms with Gasteiger partial charge in [-0.2, -0.15) is 5.27 Å². The Morgan fingerprint density at radius 2 is 2.00 bits per heavy atom. The molecule has 2 bridgehead atoms. The average Bonchev–Trinajstić information content (AvgIpc) is 2.80. The third-order valence-corrected chi connectivity index (χ3v) is 3.68. The van der Waals surface area contributed by atoms with E-state index in [4.69, 9.17) is 19.9 Å². The van der Waals surface area contributed by atoms with Crippen LogP contribution in [0.15, 0.2) is 27.0 Å². The van der Waals surface area contributed by atoms with E-state index in [1.54, 1.807) is 10.7 Å². The molecule has 9 nitrogen and oxygen atoms in total. The average molecular weight is 335 g/mol. The van der Waals surface area contributed by atoms with Gasteiger partial charge in [-0.3, -0.25) is 9.48 Å². The number of aryl methyl sites for hydroxylation is 1. The molecule has 3 aromatic rings. The molecule has 0 spiro atoms. The first-order chi connectivity index (χ1) is 11.4. The molecule has 3 N–H and O–H groups in total. The number of oxime groups is 2. The number of primary amides is 1. The molecule has 0 saturated heterocycles. The monoisotopic (exact) mass is 335 g/mol. The Labute approximate surface area is 138 Å². The Balaban J connectivity index is 2.71. The molecule has 130 valence electrons. The Hall–Kier alpha value is -2.97. The second-order valence-corrected chi connectivity index (χ2v) is 5.28. The van der Waals surface area contributed by atoms with E-state index in [1.807, 2.05) is 26.8 Å². The Morgan fingerprint density at radius 3 is 2.58 bits per heavy atom. The number of hydrogen-bond donors (Lipinski definition) is 2. The number of nitrogens with two attached hydrogens (primary N) is 1. The number of aromatic amines is 1. The van der Waals surface area contributed by atoms with E-state index >= 15 is 0 Å². The summed E-state index contributed by atoms with van der Waals surface area (Å²) in [5.41, 5.74) is 8.59. The maximum Gasteiger partial charge on any atom is 0.271 e. The first-order valence-electron chi connectivity index (χ1n) is 7.26. The van der Waals surface area contributed by atoms with Crippen molar-refractivity contribution in [3.63, 3.8) is 0 Å². The van der Waals surface area contributed by atoms with Gasteiger partial charge in [0, 0.05) is 0 Å². The second-order valence-electron chi connectivity index (χ2n) is 5.28. The predicted octanol–water partition coefficient (Wildman–Crippen LogP) is 1.85. The minimum absolute atomic E-state index is 0.0176. The first-order valence-corrected chi connectivity index (χ1v) is 7.26. The summed E-state index contributed by atoms with van der Waals surface area (Å²) in [5, 5.41) is 10.5.